The van der Waals surface area contributed by atoms with Crippen LogP contribution < -0.4 is 5.69 Å². The molecule has 2 aromatic carbocycles. The van der Waals surface area contributed by atoms with Gasteiger partial charge in [0.15, 0.2) is 15.6 Å². The van der Waals surface area contributed by atoms with Gasteiger partial charge in [0, 0.05) is 36.3 Å². The summed E-state index contributed by atoms with van der Waals surface area (Å²) < 4.78 is 57.8. The van der Waals surface area contributed by atoms with E-state index in [4.69, 9.17) is 16.3 Å². The van der Waals surface area contributed by atoms with Crippen molar-refractivity contribution in [3.8, 4) is 5.69 Å². The molecule has 1 heterocycles. The van der Waals surface area contributed by atoms with E-state index in [9.17, 15) is 31.6 Å². The lowest BCUT2D eigenvalue weighted by atomic mass is 10.1. The second-order valence-electron chi connectivity index (χ2n) is 8.22. The summed E-state index contributed by atoms with van der Waals surface area (Å²) in [6.07, 6.45) is 0.608. The molecule has 1 aliphatic rings. The molecule has 194 valence electrons. The number of halogens is 3. The van der Waals surface area contributed by atoms with Gasteiger partial charge in [0.25, 0.3) is 6.43 Å². The molecule has 14 heteroatoms. The Hall–Kier alpha value is -3.71. The summed E-state index contributed by atoms with van der Waals surface area (Å²) in [5, 5.41) is 7.12. The average Bonchev–Trinajstić information content (AvgIpc) is 3.19. The maximum absolute atomic E-state index is 13.1. The summed E-state index contributed by atoms with van der Waals surface area (Å²) in [6.45, 7) is -0.503. The van der Waals surface area contributed by atoms with Crippen molar-refractivity contribution < 1.29 is 31.5 Å². The molecule has 0 amide bonds. The van der Waals surface area contributed by atoms with Crippen molar-refractivity contribution in [1.82, 2.24) is 19.8 Å². The number of tetrazole rings is 1. The summed E-state index contributed by atoms with van der Waals surface area (Å²) in [7, 11) is -3.87. The van der Waals surface area contributed by atoms with Crippen molar-refractivity contribution in [2.24, 2.45) is 0 Å². The molecule has 0 unspecified atom stereocenters. The second kappa shape index (κ2) is 10.3. The van der Waals surface area contributed by atoms with Crippen LogP contribution in [0.4, 0.5) is 8.78 Å². The Morgan fingerprint density at radius 3 is 2.59 bits per heavy atom. The first-order valence-corrected chi connectivity index (χ1v) is 13.1. The van der Waals surface area contributed by atoms with Crippen LogP contribution in [0, 0.1) is 0 Å². The highest BCUT2D eigenvalue weighted by molar-refractivity contribution is 7.90. The van der Waals surface area contributed by atoms with Crippen LogP contribution in [-0.2, 0) is 25.9 Å². The number of rotatable bonds is 7. The zero-order valence-electron chi connectivity index (χ0n) is 19.2. The van der Waals surface area contributed by atoms with Gasteiger partial charge in [0.05, 0.1) is 27.7 Å². The molecule has 4 rings (SSSR count). The molecule has 0 aliphatic heterocycles. The van der Waals surface area contributed by atoms with Crippen molar-refractivity contribution in [1.29, 1.82) is 0 Å². The maximum Gasteiger partial charge on any atom is 0.368 e. The fourth-order valence-corrected chi connectivity index (χ4v) is 5.04. The van der Waals surface area contributed by atoms with E-state index < -0.39 is 34.5 Å². The molecule has 1 aromatic heterocycles. The SMILES string of the molecule is CS(=O)(=O)c1ccc(C(=O)OC2=CC(=O)CCC2)c(Cl)c1Cn1nnn(-c2cccc(C(F)F)c2)c1=O. The Kier molecular flexibility index (Phi) is 7.37. The normalized spacial score (nSPS) is 14.1. The van der Waals surface area contributed by atoms with Gasteiger partial charge in [-0.05, 0) is 41.1 Å². The molecule has 0 spiro atoms. The van der Waals surface area contributed by atoms with Gasteiger partial charge in [-0.25, -0.2) is 26.8 Å². The third kappa shape index (κ3) is 5.67. The quantitative estimate of drug-likeness (QED) is 0.408. The average molecular weight is 553 g/mol. The predicted molar refractivity (Wildman–Crippen MR) is 127 cm³/mol. The van der Waals surface area contributed by atoms with Crippen molar-refractivity contribution in [3.63, 3.8) is 0 Å². The molecule has 3 aromatic rings. The largest absolute Gasteiger partial charge is 0.427 e. The van der Waals surface area contributed by atoms with Crippen LogP contribution in [0.5, 0.6) is 0 Å². The fourth-order valence-electron chi connectivity index (χ4n) is 3.75. The zero-order valence-corrected chi connectivity index (χ0v) is 20.8. The molecular weight excluding hydrogens is 534 g/mol. The number of nitrogens with zero attached hydrogens (tertiary/aromatic N) is 4. The molecule has 1 aliphatic carbocycles. The standard InChI is InChI=1S/C23H19ClF2N4O6S/c1-37(34,35)19-9-8-17(22(32)36-16-7-3-6-15(31)11-16)20(24)18(19)12-29-23(33)30(28-27-29)14-5-2-4-13(10-14)21(25)26/h2,4-5,8-11,21H,3,6-7,12H2,1H3. The molecule has 0 saturated heterocycles. The van der Waals surface area contributed by atoms with E-state index in [0.717, 1.165) is 27.8 Å². The number of allylic oxidation sites excluding steroid dienone is 2. The molecule has 37 heavy (non-hydrogen) atoms. The van der Waals surface area contributed by atoms with Gasteiger partial charge in [-0.15, -0.1) is 0 Å². The lowest BCUT2D eigenvalue weighted by Crippen LogP contribution is -2.26. The number of carbonyl (C=O) groups is 2. The Bertz CT molecular complexity index is 1600. The first-order valence-electron chi connectivity index (χ1n) is 10.8. The minimum Gasteiger partial charge on any atom is -0.427 e. The van der Waals surface area contributed by atoms with Crippen LogP contribution >= 0.6 is 11.6 Å². The Labute approximate surface area is 214 Å². The first-order chi connectivity index (χ1) is 17.5. The van der Waals surface area contributed by atoms with Gasteiger partial charge in [0.1, 0.15) is 5.76 Å². The first kappa shape index (κ1) is 26.4. The number of ketones is 1. The molecule has 0 N–H and O–H groups in total. The van der Waals surface area contributed by atoms with Crippen molar-refractivity contribution in [2.75, 3.05) is 6.26 Å². The molecule has 0 fully saturated rings. The third-order valence-electron chi connectivity index (χ3n) is 5.53. The van der Waals surface area contributed by atoms with E-state index >= 15 is 0 Å². The highest BCUT2D eigenvalue weighted by Gasteiger charge is 2.25. The molecule has 0 saturated carbocycles. The fraction of sp³-hybridized carbons (Fsp3) is 0.261. The van der Waals surface area contributed by atoms with Crippen LogP contribution in [0.3, 0.4) is 0 Å². The minimum absolute atomic E-state index is 0.0242. The molecule has 0 atom stereocenters. The minimum atomic E-state index is -3.87. The van der Waals surface area contributed by atoms with Gasteiger partial charge in [0.2, 0.25) is 0 Å². The molecular formula is C23H19ClF2N4O6S. The summed E-state index contributed by atoms with van der Waals surface area (Å²) in [5.41, 5.74) is -1.48. The number of hydrogen-bond donors (Lipinski definition) is 0. The number of esters is 1. The van der Waals surface area contributed by atoms with Gasteiger partial charge in [-0.1, -0.05) is 23.7 Å². The van der Waals surface area contributed by atoms with Crippen LogP contribution in [-0.4, -0.2) is 46.2 Å². The van der Waals surface area contributed by atoms with E-state index in [1.54, 1.807) is 0 Å². The summed E-state index contributed by atoms with van der Waals surface area (Å²) in [6, 6.07) is 7.28. The number of benzene rings is 2. The van der Waals surface area contributed by atoms with E-state index in [-0.39, 0.29) is 43.8 Å². The van der Waals surface area contributed by atoms with Crippen LogP contribution in [0.15, 0.2) is 57.9 Å². The number of carbonyl (C=O) groups excluding carboxylic acids is 2. The highest BCUT2D eigenvalue weighted by atomic mass is 35.5. The van der Waals surface area contributed by atoms with Gasteiger partial charge in [-0.3, -0.25) is 4.79 Å². The molecule has 0 radical (unpaired) electrons. The van der Waals surface area contributed by atoms with Crippen LogP contribution in [0.1, 0.15) is 47.2 Å². The lowest BCUT2D eigenvalue weighted by molar-refractivity contribution is -0.115. The lowest BCUT2D eigenvalue weighted by Gasteiger charge is -2.15. The van der Waals surface area contributed by atoms with E-state index in [1.165, 1.54) is 30.3 Å². The van der Waals surface area contributed by atoms with Crippen LogP contribution in [0.2, 0.25) is 5.02 Å². The summed E-state index contributed by atoms with van der Waals surface area (Å²) in [4.78, 5) is 37.1. The molecule has 10 nitrogen and oxygen atoms in total. The monoisotopic (exact) mass is 552 g/mol. The number of hydrogen-bond acceptors (Lipinski definition) is 8. The van der Waals surface area contributed by atoms with Gasteiger partial charge < -0.3 is 4.74 Å². The number of ether oxygens (including phenoxy) is 1. The van der Waals surface area contributed by atoms with Crippen molar-refractivity contribution in [3.05, 3.63) is 80.4 Å². The van der Waals surface area contributed by atoms with E-state index in [2.05, 4.69) is 10.4 Å². The second-order valence-corrected chi connectivity index (χ2v) is 10.6. The topological polar surface area (TPSA) is 130 Å². The molecule has 0 bridgehead atoms. The third-order valence-corrected chi connectivity index (χ3v) is 7.14. The maximum atomic E-state index is 13.1. The van der Waals surface area contributed by atoms with Crippen LogP contribution in [0.25, 0.3) is 5.69 Å². The van der Waals surface area contributed by atoms with Crippen molar-refractivity contribution >= 4 is 33.2 Å². The zero-order chi connectivity index (χ0) is 26.9. The highest BCUT2D eigenvalue weighted by Crippen LogP contribution is 2.30. The number of aromatic nitrogens is 4. The number of alkyl halides is 2. The summed E-state index contributed by atoms with van der Waals surface area (Å²) in [5.74, 6) is -0.932. The van der Waals surface area contributed by atoms with E-state index in [0.29, 0.717) is 19.3 Å². The Balaban J connectivity index is 1.72. The van der Waals surface area contributed by atoms with Gasteiger partial charge in [-0.2, -0.15) is 9.36 Å². The number of sulfone groups is 1. The van der Waals surface area contributed by atoms with E-state index in [1.807, 2.05) is 0 Å². The predicted octanol–water partition coefficient (Wildman–Crippen LogP) is 3.27. The van der Waals surface area contributed by atoms with Gasteiger partial charge >= 0.3 is 11.7 Å². The Morgan fingerprint density at radius 1 is 1.16 bits per heavy atom. The summed E-state index contributed by atoms with van der Waals surface area (Å²) >= 11 is 6.44. The Morgan fingerprint density at radius 2 is 1.92 bits per heavy atom. The smallest absolute Gasteiger partial charge is 0.368 e. The van der Waals surface area contributed by atoms with Crippen molar-refractivity contribution in [2.45, 2.75) is 37.1 Å².